The molecule has 2 heterocycles. The molecule has 3 heteroatoms. The van der Waals surface area contributed by atoms with Crippen LogP contribution in [-0.4, -0.2) is 18.1 Å². The van der Waals surface area contributed by atoms with Gasteiger partial charge in [-0.05, 0) is 24.1 Å². The van der Waals surface area contributed by atoms with Crippen LogP contribution in [0.25, 0.3) is 10.9 Å². The van der Waals surface area contributed by atoms with E-state index in [9.17, 15) is 0 Å². The molecule has 0 N–H and O–H groups in total. The average Bonchev–Trinajstić information content (AvgIpc) is 2.70. The number of aromatic nitrogens is 1. The van der Waals surface area contributed by atoms with Crippen molar-refractivity contribution in [1.82, 2.24) is 4.98 Å². The highest BCUT2D eigenvalue weighted by atomic mass is 15.2. The smallest absolute Gasteiger partial charge is 0.133 e. The third-order valence-corrected chi connectivity index (χ3v) is 2.99. The minimum Gasteiger partial charge on any atom is -0.343 e. The lowest BCUT2D eigenvalue weighted by Crippen LogP contribution is -2.21. The van der Waals surface area contributed by atoms with Gasteiger partial charge in [0.25, 0.3) is 0 Å². The predicted molar refractivity (Wildman–Crippen MR) is 63.3 cm³/mol. The van der Waals surface area contributed by atoms with E-state index < -0.39 is 0 Å². The van der Waals surface area contributed by atoms with Crippen molar-refractivity contribution in [3.8, 4) is 6.07 Å². The topological polar surface area (TPSA) is 39.9 Å². The summed E-state index contributed by atoms with van der Waals surface area (Å²) in [4.78, 5) is 6.67. The van der Waals surface area contributed by atoms with Gasteiger partial charge in [-0.15, -0.1) is 0 Å². The lowest BCUT2D eigenvalue weighted by molar-refractivity contribution is 0.899. The van der Waals surface area contributed by atoms with Gasteiger partial charge in [-0.2, -0.15) is 5.26 Å². The number of pyridine rings is 1. The molecule has 0 unspecified atom stereocenters. The fourth-order valence-electron chi connectivity index (χ4n) is 2.21. The monoisotopic (exact) mass is 209 g/mol. The van der Waals surface area contributed by atoms with Crippen molar-refractivity contribution in [3.05, 3.63) is 35.9 Å². The summed E-state index contributed by atoms with van der Waals surface area (Å²) in [7, 11) is 0. The van der Waals surface area contributed by atoms with E-state index in [1.165, 1.54) is 10.9 Å². The van der Waals surface area contributed by atoms with Crippen LogP contribution in [0.5, 0.6) is 0 Å². The first-order chi connectivity index (χ1) is 7.88. The van der Waals surface area contributed by atoms with Crippen molar-refractivity contribution in [1.29, 1.82) is 5.26 Å². The number of hydrogen-bond acceptors (Lipinski definition) is 3. The van der Waals surface area contributed by atoms with E-state index >= 15 is 0 Å². The number of benzene rings is 1. The van der Waals surface area contributed by atoms with Crippen molar-refractivity contribution in [2.75, 3.05) is 18.0 Å². The summed E-state index contributed by atoms with van der Waals surface area (Å²) in [6.45, 7) is 1.34. The number of para-hydroxylation sites is 1. The molecule has 1 aromatic heterocycles. The Kier molecular flexibility index (Phi) is 2.00. The van der Waals surface area contributed by atoms with Gasteiger partial charge < -0.3 is 4.90 Å². The van der Waals surface area contributed by atoms with Gasteiger partial charge in [0, 0.05) is 11.9 Å². The Labute approximate surface area is 93.9 Å². The van der Waals surface area contributed by atoms with Gasteiger partial charge in [-0.25, -0.2) is 4.98 Å². The summed E-state index contributed by atoms with van der Waals surface area (Å²) in [5, 5.41) is 9.93. The summed E-state index contributed by atoms with van der Waals surface area (Å²) < 4.78 is 0. The standard InChI is InChI=1S/C13H11N3/c14-6-8-16-7-5-11-9-10-3-1-2-4-12(10)15-13(11)16/h1-4,9H,5,7-8H2. The molecule has 0 saturated carbocycles. The summed E-state index contributed by atoms with van der Waals surface area (Å²) in [6.07, 6.45) is 0.995. The molecule has 1 aliphatic rings. The second kappa shape index (κ2) is 3.49. The molecule has 0 spiro atoms. The Balaban J connectivity index is 2.16. The van der Waals surface area contributed by atoms with Gasteiger partial charge in [0.1, 0.15) is 12.4 Å². The molecule has 0 atom stereocenters. The third-order valence-electron chi connectivity index (χ3n) is 2.99. The van der Waals surface area contributed by atoms with Gasteiger partial charge >= 0.3 is 0 Å². The molecule has 1 aromatic carbocycles. The summed E-state index contributed by atoms with van der Waals surface area (Å²) in [6, 6.07) is 12.5. The first-order valence-electron chi connectivity index (χ1n) is 5.39. The van der Waals surface area contributed by atoms with Gasteiger partial charge in [0.05, 0.1) is 11.6 Å². The Morgan fingerprint density at radius 3 is 3.12 bits per heavy atom. The molecule has 78 valence electrons. The van der Waals surface area contributed by atoms with Crippen LogP contribution in [0.4, 0.5) is 5.82 Å². The Morgan fingerprint density at radius 1 is 1.38 bits per heavy atom. The number of anilines is 1. The van der Waals surface area contributed by atoms with E-state index in [0.717, 1.165) is 24.3 Å². The van der Waals surface area contributed by atoms with Crippen molar-refractivity contribution in [3.63, 3.8) is 0 Å². The predicted octanol–water partition coefficient (Wildman–Crippen LogP) is 2.12. The van der Waals surface area contributed by atoms with Crippen LogP contribution in [0.15, 0.2) is 30.3 Å². The average molecular weight is 209 g/mol. The maximum Gasteiger partial charge on any atom is 0.133 e. The van der Waals surface area contributed by atoms with E-state index in [4.69, 9.17) is 5.26 Å². The lowest BCUT2D eigenvalue weighted by Gasteiger charge is -2.13. The molecule has 16 heavy (non-hydrogen) atoms. The summed E-state index contributed by atoms with van der Waals surface area (Å²) >= 11 is 0. The molecule has 0 amide bonds. The SMILES string of the molecule is N#CCN1CCc2cc3ccccc3nc21. The van der Waals surface area contributed by atoms with Crippen LogP contribution in [0.1, 0.15) is 5.56 Å². The highest BCUT2D eigenvalue weighted by Gasteiger charge is 2.20. The maximum absolute atomic E-state index is 8.75. The van der Waals surface area contributed by atoms with Gasteiger partial charge in [0.2, 0.25) is 0 Å². The number of hydrogen-bond donors (Lipinski definition) is 0. The zero-order chi connectivity index (χ0) is 11.0. The van der Waals surface area contributed by atoms with Crippen LogP contribution >= 0.6 is 0 Å². The molecule has 3 rings (SSSR count). The molecule has 2 aromatic rings. The summed E-state index contributed by atoms with van der Waals surface area (Å²) in [5.41, 5.74) is 2.26. The van der Waals surface area contributed by atoms with E-state index in [0.29, 0.717) is 6.54 Å². The van der Waals surface area contributed by atoms with Crippen molar-refractivity contribution in [2.45, 2.75) is 6.42 Å². The van der Waals surface area contributed by atoms with Crippen LogP contribution in [0, 0.1) is 11.3 Å². The molecule has 3 nitrogen and oxygen atoms in total. The minimum atomic E-state index is 0.429. The zero-order valence-corrected chi connectivity index (χ0v) is 8.85. The largest absolute Gasteiger partial charge is 0.343 e. The van der Waals surface area contributed by atoms with Crippen molar-refractivity contribution in [2.24, 2.45) is 0 Å². The Morgan fingerprint density at radius 2 is 2.25 bits per heavy atom. The highest BCUT2D eigenvalue weighted by molar-refractivity contribution is 5.82. The number of nitrogens with zero attached hydrogens (tertiary/aromatic N) is 3. The molecule has 0 bridgehead atoms. The normalized spacial score (nSPS) is 13.8. The van der Waals surface area contributed by atoms with Crippen LogP contribution in [-0.2, 0) is 6.42 Å². The van der Waals surface area contributed by atoms with E-state index in [1.807, 2.05) is 23.1 Å². The zero-order valence-electron chi connectivity index (χ0n) is 8.85. The first kappa shape index (κ1) is 9.17. The molecular weight excluding hydrogens is 198 g/mol. The van der Waals surface area contributed by atoms with Crippen LogP contribution < -0.4 is 4.90 Å². The van der Waals surface area contributed by atoms with Crippen molar-refractivity contribution < 1.29 is 0 Å². The fourth-order valence-corrected chi connectivity index (χ4v) is 2.21. The minimum absolute atomic E-state index is 0.429. The quantitative estimate of drug-likeness (QED) is 0.675. The second-order valence-electron chi connectivity index (χ2n) is 3.99. The van der Waals surface area contributed by atoms with E-state index in [1.54, 1.807) is 0 Å². The van der Waals surface area contributed by atoms with E-state index in [-0.39, 0.29) is 0 Å². The molecule has 0 saturated heterocycles. The van der Waals surface area contributed by atoms with Crippen LogP contribution in [0.3, 0.4) is 0 Å². The number of nitriles is 1. The summed E-state index contributed by atoms with van der Waals surface area (Å²) in [5.74, 6) is 0.986. The molecule has 0 radical (unpaired) electrons. The molecule has 1 aliphatic heterocycles. The third kappa shape index (κ3) is 1.31. The maximum atomic E-state index is 8.75. The van der Waals surface area contributed by atoms with Gasteiger partial charge in [-0.1, -0.05) is 18.2 Å². The number of fused-ring (bicyclic) bond motifs is 2. The first-order valence-corrected chi connectivity index (χ1v) is 5.39. The highest BCUT2D eigenvalue weighted by Crippen LogP contribution is 2.28. The van der Waals surface area contributed by atoms with Gasteiger partial charge in [0.15, 0.2) is 0 Å². The Bertz CT molecular complexity index is 583. The number of rotatable bonds is 1. The van der Waals surface area contributed by atoms with Crippen molar-refractivity contribution >= 4 is 16.7 Å². The van der Waals surface area contributed by atoms with Gasteiger partial charge in [-0.3, -0.25) is 0 Å². The van der Waals surface area contributed by atoms with E-state index in [2.05, 4.69) is 23.2 Å². The Hall–Kier alpha value is -2.08. The lowest BCUT2D eigenvalue weighted by atomic mass is 10.1. The molecule has 0 fully saturated rings. The molecule has 0 aliphatic carbocycles. The van der Waals surface area contributed by atoms with Crippen LogP contribution in [0.2, 0.25) is 0 Å². The fraction of sp³-hybridized carbons (Fsp3) is 0.231. The molecular formula is C13H11N3. The second-order valence-corrected chi connectivity index (χ2v) is 3.99.